The van der Waals surface area contributed by atoms with Crippen molar-refractivity contribution in [3.8, 4) is 23.8 Å². The van der Waals surface area contributed by atoms with Crippen LogP contribution in [0.3, 0.4) is 0 Å². The van der Waals surface area contributed by atoms with E-state index >= 15 is 0 Å². The molecular weight excluding hydrogens is 386 g/mol. The molecule has 0 radical (unpaired) electrons. The van der Waals surface area contributed by atoms with E-state index in [0.29, 0.717) is 29.6 Å². The summed E-state index contributed by atoms with van der Waals surface area (Å²) in [6.45, 7) is 4.80. The lowest BCUT2D eigenvalue weighted by Gasteiger charge is -2.13. The number of nitrogens with zero attached hydrogens (tertiary/aromatic N) is 1. The minimum atomic E-state index is -0.379. The quantitative estimate of drug-likeness (QED) is 0.494. The van der Waals surface area contributed by atoms with E-state index in [9.17, 15) is 9.59 Å². The zero-order valence-corrected chi connectivity index (χ0v) is 17.1. The average Bonchev–Trinajstić information content (AvgIpc) is 2.95. The Balaban J connectivity index is 1.80. The molecule has 148 valence electrons. The highest BCUT2D eigenvalue weighted by Gasteiger charge is 2.34. The summed E-state index contributed by atoms with van der Waals surface area (Å²) in [5, 5.41) is -0.359. The first-order chi connectivity index (χ1) is 14.0. The number of terminal acetylenes is 1. The number of hydrogen-bond donors (Lipinski definition) is 0. The molecular formula is C23H21NO4S. The van der Waals surface area contributed by atoms with E-state index in [1.165, 1.54) is 5.56 Å². The predicted molar refractivity (Wildman–Crippen MR) is 115 cm³/mol. The molecule has 1 fully saturated rings. The number of thioether (sulfide) groups is 1. The van der Waals surface area contributed by atoms with Crippen LogP contribution in [0.15, 0.2) is 47.4 Å². The first kappa shape index (κ1) is 20.6. The molecule has 5 nitrogen and oxygen atoms in total. The van der Waals surface area contributed by atoms with Crippen molar-refractivity contribution in [2.75, 3.05) is 13.2 Å². The van der Waals surface area contributed by atoms with Gasteiger partial charge in [-0.15, -0.1) is 6.42 Å². The molecule has 0 aromatic heterocycles. The van der Waals surface area contributed by atoms with Crippen LogP contribution in [0.4, 0.5) is 4.79 Å². The number of hydrogen-bond acceptors (Lipinski definition) is 5. The van der Waals surface area contributed by atoms with E-state index in [1.54, 1.807) is 18.2 Å². The highest BCUT2D eigenvalue weighted by molar-refractivity contribution is 8.18. The van der Waals surface area contributed by atoms with E-state index in [0.717, 1.165) is 27.8 Å². The Labute approximate surface area is 174 Å². The van der Waals surface area contributed by atoms with Gasteiger partial charge in [-0.3, -0.25) is 14.5 Å². The molecule has 0 atom stereocenters. The van der Waals surface area contributed by atoms with E-state index in [1.807, 2.05) is 38.1 Å². The van der Waals surface area contributed by atoms with Crippen molar-refractivity contribution in [1.29, 1.82) is 0 Å². The summed E-state index contributed by atoms with van der Waals surface area (Å²) in [6.07, 6.45) is 6.89. The first-order valence-electron chi connectivity index (χ1n) is 9.16. The normalized spacial score (nSPS) is 14.9. The zero-order chi connectivity index (χ0) is 20.8. The third-order valence-corrected chi connectivity index (χ3v) is 5.07. The first-order valence-corrected chi connectivity index (χ1v) is 9.97. The summed E-state index contributed by atoms with van der Waals surface area (Å²) < 4.78 is 11.7. The van der Waals surface area contributed by atoms with Crippen molar-refractivity contribution < 1.29 is 19.1 Å². The van der Waals surface area contributed by atoms with Crippen molar-refractivity contribution in [3.63, 3.8) is 0 Å². The largest absolute Gasteiger partial charge is 0.490 e. The summed E-state index contributed by atoms with van der Waals surface area (Å²) in [5.74, 6) is 3.14. The maximum absolute atomic E-state index is 12.3. The van der Waals surface area contributed by atoms with Crippen LogP contribution in [0.2, 0.25) is 0 Å². The Morgan fingerprint density at radius 1 is 1.14 bits per heavy atom. The maximum Gasteiger partial charge on any atom is 0.294 e. The molecule has 1 saturated heterocycles. The minimum Gasteiger partial charge on any atom is -0.490 e. The summed E-state index contributed by atoms with van der Waals surface area (Å²) in [4.78, 5) is 25.7. The Morgan fingerprint density at radius 3 is 2.69 bits per heavy atom. The van der Waals surface area contributed by atoms with E-state index in [-0.39, 0.29) is 17.7 Å². The van der Waals surface area contributed by atoms with Gasteiger partial charge >= 0.3 is 0 Å². The zero-order valence-electron chi connectivity index (χ0n) is 16.3. The highest BCUT2D eigenvalue weighted by Crippen LogP contribution is 2.34. The molecule has 0 N–H and O–H groups in total. The Kier molecular flexibility index (Phi) is 6.63. The van der Waals surface area contributed by atoms with Crippen molar-refractivity contribution in [3.05, 3.63) is 64.1 Å². The molecule has 1 heterocycles. The topological polar surface area (TPSA) is 55.8 Å². The molecule has 6 heteroatoms. The molecule has 0 aliphatic carbocycles. The Bertz CT molecular complexity index is 1010. The molecule has 2 aromatic rings. The summed E-state index contributed by atoms with van der Waals surface area (Å²) >= 11 is 0.880. The van der Waals surface area contributed by atoms with Gasteiger partial charge in [-0.2, -0.15) is 0 Å². The molecule has 2 amide bonds. The van der Waals surface area contributed by atoms with Gasteiger partial charge < -0.3 is 9.47 Å². The molecule has 0 bridgehead atoms. The average molecular weight is 407 g/mol. The van der Waals surface area contributed by atoms with Gasteiger partial charge in [-0.05, 0) is 54.9 Å². The third-order valence-electron chi connectivity index (χ3n) is 4.17. The molecule has 1 aliphatic heterocycles. The smallest absolute Gasteiger partial charge is 0.294 e. The second kappa shape index (κ2) is 9.35. The van der Waals surface area contributed by atoms with Gasteiger partial charge in [0, 0.05) is 0 Å². The standard InChI is InChI=1S/C23H21NO4S/c1-4-11-24-22(25)21(29-23(24)26)14-17-9-10-19(20(13-17)27-5-2)28-15-18-8-6-7-16(3)12-18/h1,6-10,12-14H,5,11,15H2,2-3H3. The number of aryl methyl sites for hydroxylation is 1. The van der Waals surface area contributed by atoms with Crippen LogP contribution in [0.5, 0.6) is 11.5 Å². The molecule has 29 heavy (non-hydrogen) atoms. The third kappa shape index (κ3) is 5.01. The molecule has 3 rings (SSSR count). The van der Waals surface area contributed by atoms with Gasteiger partial charge in [0.25, 0.3) is 11.1 Å². The lowest BCUT2D eigenvalue weighted by atomic mass is 10.1. The number of imide groups is 1. The van der Waals surface area contributed by atoms with Gasteiger partial charge in [0.05, 0.1) is 18.1 Å². The van der Waals surface area contributed by atoms with Gasteiger partial charge in [0.15, 0.2) is 11.5 Å². The number of amides is 2. The van der Waals surface area contributed by atoms with Crippen LogP contribution in [0, 0.1) is 19.3 Å². The van der Waals surface area contributed by atoms with Gasteiger partial charge in [0.1, 0.15) is 6.61 Å². The van der Waals surface area contributed by atoms with Crippen molar-refractivity contribution in [1.82, 2.24) is 4.90 Å². The van der Waals surface area contributed by atoms with Gasteiger partial charge in [-0.25, -0.2) is 0 Å². The van der Waals surface area contributed by atoms with Gasteiger partial charge in [0.2, 0.25) is 0 Å². The monoisotopic (exact) mass is 407 g/mol. The SMILES string of the molecule is C#CCN1C(=O)SC(=Cc2ccc(OCc3cccc(C)c3)c(OCC)c2)C1=O. The lowest BCUT2D eigenvalue weighted by Crippen LogP contribution is -2.28. The van der Waals surface area contributed by atoms with Crippen LogP contribution in [-0.4, -0.2) is 29.2 Å². The lowest BCUT2D eigenvalue weighted by molar-refractivity contribution is -0.122. The molecule has 2 aromatic carbocycles. The van der Waals surface area contributed by atoms with Crippen LogP contribution >= 0.6 is 11.8 Å². The fraction of sp³-hybridized carbons (Fsp3) is 0.217. The van der Waals surface area contributed by atoms with Crippen LogP contribution in [0.25, 0.3) is 6.08 Å². The summed E-state index contributed by atoms with van der Waals surface area (Å²) in [7, 11) is 0. The Morgan fingerprint density at radius 2 is 1.97 bits per heavy atom. The van der Waals surface area contributed by atoms with Crippen LogP contribution in [-0.2, 0) is 11.4 Å². The van der Waals surface area contributed by atoms with Gasteiger partial charge in [-0.1, -0.05) is 41.8 Å². The minimum absolute atomic E-state index is 0.0298. The van der Waals surface area contributed by atoms with E-state index < -0.39 is 0 Å². The molecule has 0 saturated carbocycles. The number of ether oxygens (including phenoxy) is 2. The van der Waals surface area contributed by atoms with E-state index in [4.69, 9.17) is 15.9 Å². The number of benzene rings is 2. The second-order valence-corrected chi connectivity index (χ2v) is 7.38. The predicted octanol–water partition coefficient (Wildman–Crippen LogP) is 4.64. The maximum atomic E-state index is 12.3. The second-order valence-electron chi connectivity index (χ2n) is 6.39. The van der Waals surface area contributed by atoms with E-state index in [2.05, 4.69) is 12.0 Å². The fourth-order valence-electron chi connectivity index (χ4n) is 2.84. The fourth-order valence-corrected chi connectivity index (χ4v) is 3.68. The number of carbonyl (C=O) groups excluding carboxylic acids is 2. The summed E-state index contributed by atoms with van der Waals surface area (Å²) in [5.41, 5.74) is 2.98. The van der Waals surface area contributed by atoms with Crippen molar-refractivity contribution in [2.24, 2.45) is 0 Å². The molecule has 0 spiro atoms. The highest BCUT2D eigenvalue weighted by atomic mass is 32.2. The van der Waals surface area contributed by atoms with Crippen LogP contribution in [0.1, 0.15) is 23.6 Å². The van der Waals surface area contributed by atoms with Crippen molar-refractivity contribution in [2.45, 2.75) is 20.5 Å². The van der Waals surface area contributed by atoms with Crippen LogP contribution < -0.4 is 9.47 Å². The number of carbonyl (C=O) groups is 2. The Hall–Kier alpha value is -3.17. The summed E-state index contributed by atoms with van der Waals surface area (Å²) in [6, 6.07) is 13.5. The molecule has 0 unspecified atom stereocenters. The van der Waals surface area contributed by atoms with Crippen molar-refractivity contribution >= 4 is 29.0 Å². The number of rotatable bonds is 7. The molecule has 1 aliphatic rings.